The van der Waals surface area contributed by atoms with E-state index in [1.807, 2.05) is 0 Å². The van der Waals surface area contributed by atoms with Gasteiger partial charge in [0.05, 0.1) is 23.5 Å². The molecule has 0 saturated heterocycles. The summed E-state index contributed by atoms with van der Waals surface area (Å²) in [4.78, 5) is 21.3. The Bertz CT molecular complexity index is 1740. The Hall–Kier alpha value is -4.25. The van der Waals surface area contributed by atoms with Gasteiger partial charge < -0.3 is 9.30 Å². The lowest BCUT2D eigenvalue weighted by atomic mass is 10.0. The number of alkyl halides is 3. The molecule has 1 aromatic carbocycles. The number of aromatic nitrogens is 5. The number of ether oxygens (including phenoxy) is 1. The minimum atomic E-state index is -4.79. The number of benzene rings is 1. The largest absolute Gasteiger partial charge is 0.486 e. The van der Waals surface area contributed by atoms with Crippen molar-refractivity contribution >= 4 is 22.5 Å². The maximum absolute atomic E-state index is 14.6. The highest BCUT2D eigenvalue weighted by Gasteiger charge is 2.34. The van der Waals surface area contributed by atoms with E-state index >= 15 is 0 Å². The third-order valence-corrected chi connectivity index (χ3v) is 6.54. The van der Waals surface area contributed by atoms with Crippen molar-refractivity contribution < 1.29 is 22.3 Å². The molecule has 0 amide bonds. The molecule has 0 saturated carbocycles. The topological polar surface area (TPSA) is 74.8 Å². The molecular formula is C27H20ClF4N5O2. The summed E-state index contributed by atoms with van der Waals surface area (Å²) in [6.07, 6.45) is -0.998. The number of pyridine rings is 3. The summed E-state index contributed by atoms with van der Waals surface area (Å²) in [5.41, 5.74) is 0.181. The molecular weight excluding hydrogens is 538 g/mol. The molecule has 0 N–H and O–H groups in total. The first-order valence-electron chi connectivity index (χ1n) is 11.6. The number of halogens is 5. The molecule has 5 aromatic rings. The molecule has 7 nitrogen and oxygen atoms in total. The number of para-hydroxylation sites is 1. The van der Waals surface area contributed by atoms with Crippen LogP contribution in [0, 0.1) is 12.7 Å². The average Bonchev–Trinajstić information content (AvgIpc) is 3.21. The zero-order valence-corrected chi connectivity index (χ0v) is 21.4. The smallest absolute Gasteiger partial charge is 0.421 e. The number of nitrogens with zero attached hydrogens (tertiary/aromatic N) is 5. The van der Waals surface area contributed by atoms with E-state index in [0.29, 0.717) is 39.2 Å². The summed E-state index contributed by atoms with van der Waals surface area (Å²) < 4.78 is 62.7. The van der Waals surface area contributed by atoms with Crippen molar-refractivity contribution in [2.75, 3.05) is 0 Å². The minimum absolute atomic E-state index is 0.111. The van der Waals surface area contributed by atoms with Gasteiger partial charge in [-0.05, 0) is 37.3 Å². The van der Waals surface area contributed by atoms with Crippen LogP contribution in [0.1, 0.15) is 22.5 Å². The summed E-state index contributed by atoms with van der Waals surface area (Å²) in [6, 6.07) is 10.4. The monoisotopic (exact) mass is 557 g/mol. The van der Waals surface area contributed by atoms with Crippen LogP contribution < -0.4 is 10.3 Å². The number of hydrogen-bond donors (Lipinski definition) is 0. The highest BCUT2D eigenvalue weighted by molar-refractivity contribution is 6.31. The van der Waals surface area contributed by atoms with E-state index in [1.165, 1.54) is 23.1 Å². The van der Waals surface area contributed by atoms with Crippen LogP contribution >= 0.6 is 11.6 Å². The molecule has 0 aliphatic carbocycles. The molecule has 0 unspecified atom stereocenters. The molecule has 0 aliphatic heterocycles. The van der Waals surface area contributed by atoms with Crippen LogP contribution in [0.25, 0.3) is 22.2 Å². The van der Waals surface area contributed by atoms with Crippen LogP contribution in [0.5, 0.6) is 5.75 Å². The fourth-order valence-corrected chi connectivity index (χ4v) is 4.58. The van der Waals surface area contributed by atoms with E-state index in [1.54, 1.807) is 38.2 Å². The van der Waals surface area contributed by atoms with Gasteiger partial charge in [0.2, 0.25) is 0 Å². The Morgan fingerprint density at radius 1 is 1.13 bits per heavy atom. The van der Waals surface area contributed by atoms with E-state index in [9.17, 15) is 22.4 Å². The van der Waals surface area contributed by atoms with Gasteiger partial charge in [-0.3, -0.25) is 14.5 Å². The van der Waals surface area contributed by atoms with Gasteiger partial charge in [0.1, 0.15) is 29.1 Å². The quantitative estimate of drug-likeness (QED) is 0.242. The van der Waals surface area contributed by atoms with Crippen molar-refractivity contribution in [3.8, 4) is 17.0 Å². The number of hydrogen-bond acceptors (Lipinski definition) is 5. The van der Waals surface area contributed by atoms with E-state index < -0.39 is 23.1 Å². The van der Waals surface area contributed by atoms with Crippen LogP contribution in [0.15, 0.2) is 65.8 Å². The van der Waals surface area contributed by atoms with Crippen LogP contribution in [0.2, 0.25) is 5.02 Å². The third kappa shape index (κ3) is 5.09. The second kappa shape index (κ2) is 10.1. The summed E-state index contributed by atoms with van der Waals surface area (Å²) in [6.45, 7) is 1.41. The first-order valence-corrected chi connectivity index (χ1v) is 12.0. The van der Waals surface area contributed by atoms with Crippen LogP contribution in [0.4, 0.5) is 17.6 Å². The third-order valence-electron chi connectivity index (χ3n) is 6.19. The van der Waals surface area contributed by atoms with Gasteiger partial charge in [-0.25, -0.2) is 9.37 Å². The lowest BCUT2D eigenvalue weighted by molar-refractivity contribution is -0.138. The Kier molecular flexibility index (Phi) is 6.85. The number of fused-ring (bicyclic) bond motifs is 1. The van der Waals surface area contributed by atoms with Gasteiger partial charge in [-0.1, -0.05) is 23.7 Å². The zero-order chi connectivity index (χ0) is 27.9. The zero-order valence-electron chi connectivity index (χ0n) is 20.6. The summed E-state index contributed by atoms with van der Waals surface area (Å²) in [5, 5.41) is 4.89. The first kappa shape index (κ1) is 26.4. The Morgan fingerprint density at radius 2 is 1.92 bits per heavy atom. The number of rotatable bonds is 6. The van der Waals surface area contributed by atoms with Crippen molar-refractivity contribution in [3.63, 3.8) is 0 Å². The maximum Gasteiger partial charge on any atom is 0.421 e. The molecule has 200 valence electrons. The van der Waals surface area contributed by atoms with E-state index in [2.05, 4.69) is 15.1 Å². The second-order valence-corrected chi connectivity index (χ2v) is 9.19. The molecule has 4 heterocycles. The highest BCUT2D eigenvalue weighted by atomic mass is 35.5. The van der Waals surface area contributed by atoms with Crippen LogP contribution in [0.3, 0.4) is 0 Å². The average molecular weight is 558 g/mol. The van der Waals surface area contributed by atoms with Crippen molar-refractivity contribution in [1.29, 1.82) is 0 Å². The Balaban J connectivity index is 1.51. The highest BCUT2D eigenvalue weighted by Crippen LogP contribution is 2.35. The molecule has 4 aromatic heterocycles. The summed E-state index contributed by atoms with van der Waals surface area (Å²) >= 11 is 6.42. The van der Waals surface area contributed by atoms with Crippen LogP contribution in [-0.4, -0.2) is 24.3 Å². The molecule has 0 radical (unpaired) electrons. The molecule has 0 spiro atoms. The van der Waals surface area contributed by atoms with E-state index in [4.69, 9.17) is 16.3 Å². The Morgan fingerprint density at radius 3 is 2.64 bits per heavy atom. The van der Waals surface area contributed by atoms with Gasteiger partial charge in [-0.2, -0.15) is 18.3 Å². The molecule has 0 bridgehead atoms. The van der Waals surface area contributed by atoms with Crippen molar-refractivity contribution in [1.82, 2.24) is 24.3 Å². The summed E-state index contributed by atoms with van der Waals surface area (Å²) in [5.74, 6) is -0.102. The maximum atomic E-state index is 14.6. The summed E-state index contributed by atoms with van der Waals surface area (Å²) in [7, 11) is 1.64. The first-order chi connectivity index (χ1) is 18.5. The van der Waals surface area contributed by atoms with Gasteiger partial charge >= 0.3 is 6.18 Å². The molecule has 5 rings (SSSR count). The fraction of sp³-hybridized carbons (Fsp3) is 0.185. The molecule has 0 fully saturated rings. The SMILES string of the molecule is Cc1cc(-c2c(F)cnn2C)c2cccc(OCc3c(Cl)ccnc3Cn3cccc(C(F)(F)F)c3=O)c2n1. The van der Waals surface area contributed by atoms with E-state index in [-0.39, 0.29) is 23.9 Å². The van der Waals surface area contributed by atoms with Crippen molar-refractivity contribution in [3.05, 3.63) is 105 Å². The molecule has 39 heavy (non-hydrogen) atoms. The van der Waals surface area contributed by atoms with Gasteiger partial charge in [0, 0.05) is 41.6 Å². The standard InChI is InChI=1S/C27H20ClF4N5O2/c1-15-11-17(25-21(29)12-34-36(25)2)16-5-3-7-23(24(16)35-15)39-14-18-20(28)8-9-33-22(18)13-37-10-4-6-19(26(37)38)27(30,31)32/h3-12H,13-14H2,1-2H3. The lowest BCUT2D eigenvalue weighted by Gasteiger charge is -2.16. The fourth-order valence-electron chi connectivity index (χ4n) is 4.36. The predicted molar refractivity (Wildman–Crippen MR) is 137 cm³/mol. The van der Waals surface area contributed by atoms with Crippen molar-refractivity contribution in [2.45, 2.75) is 26.3 Å². The minimum Gasteiger partial charge on any atom is -0.486 e. The van der Waals surface area contributed by atoms with Gasteiger partial charge in [-0.15, -0.1) is 0 Å². The number of aryl methyl sites for hydroxylation is 2. The molecule has 0 atom stereocenters. The Labute approximate surface area is 224 Å². The molecule has 12 heteroatoms. The second-order valence-electron chi connectivity index (χ2n) is 8.79. The lowest BCUT2D eigenvalue weighted by Crippen LogP contribution is -2.28. The normalized spacial score (nSPS) is 11.8. The van der Waals surface area contributed by atoms with Crippen LogP contribution in [-0.2, 0) is 26.4 Å². The van der Waals surface area contributed by atoms with E-state index in [0.717, 1.165) is 22.9 Å². The predicted octanol–water partition coefficient (Wildman–Crippen LogP) is 5.94. The van der Waals surface area contributed by atoms with Gasteiger partial charge in [0.25, 0.3) is 5.56 Å². The van der Waals surface area contributed by atoms with Gasteiger partial charge in [0.15, 0.2) is 5.82 Å². The molecule has 0 aliphatic rings. The van der Waals surface area contributed by atoms with Crippen molar-refractivity contribution in [2.24, 2.45) is 7.05 Å².